The fourth-order valence-electron chi connectivity index (χ4n) is 4.31. The standard InChI is InChI=1S/C29H43N7O6S/c1-18(37)32-25-33-21(22(43-25)16-36-15-14-31-23(38)17-36)13-10-19-8-11-20(12-9-19)34-29(27(2,3)4,41-24(30)39)42-26(40)35-28(5,6)7/h8-9,11-12,34H,10,13-17H2,1-7H3,(H2,30,39)(H,31,38)(H,35,40)(H,32,33,37). The Hall–Kier alpha value is -3.91. The molecule has 14 heteroatoms. The first-order valence-corrected chi connectivity index (χ1v) is 14.9. The van der Waals surface area contributed by atoms with Crippen LogP contribution in [0.5, 0.6) is 0 Å². The number of alkyl carbamates (subject to hydrolysis) is 1. The molecule has 1 saturated heterocycles. The molecule has 1 atom stereocenters. The molecule has 0 bridgehead atoms. The van der Waals surface area contributed by atoms with Crippen LogP contribution in [0.4, 0.5) is 20.4 Å². The van der Waals surface area contributed by atoms with E-state index < -0.39 is 29.1 Å². The number of ether oxygens (including phenoxy) is 2. The van der Waals surface area contributed by atoms with Crippen molar-refractivity contribution in [1.29, 1.82) is 0 Å². The highest BCUT2D eigenvalue weighted by Gasteiger charge is 2.50. The van der Waals surface area contributed by atoms with Crippen LogP contribution in [0.1, 0.15) is 64.6 Å². The maximum atomic E-state index is 12.7. The number of carbonyl (C=O) groups excluding carboxylic acids is 4. The molecule has 236 valence electrons. The number of carbonyl (C=O) groups is 4. The van der Waals surface area contributed by atoms with Crippen LogP contribution in [0.2, 0.25) is 0 Å². The second-order valence-corrected chi connectivity index (χ2v) is 13.6. The number of anilines is 2. The highest BCUT2D eigenvalue weighted by molar-refractivity contribution is 7.15. The van der Waals surface area contributed by atoms with Gasteiger partial charge < -0.3 is 36.5 Å². The number of benzene rings is 1. The number of nitrogens with two attached hydrogens (primary N) is 1. The molecule has 1 fully saturated rings. The van der Waals surface area contributed by atoms with E-state index in [1.165, 1.54) is 18.3 Å². The van der Waals surface area contributed by atoms with E-state index in [2.05, 4.69) is 31.2 Å². The van der Waals surface area contributed by atoms with Gasteiger partial charge in [0.2, 0.25) is 11.8 Å². The zero-order valence-electron chi connectivity index (χ0n) is 25.9. The summed E-state index contributed by atoms with van der Waals surface area (Å²) in [6.45, 7) is 14.3. The number of thiazole rings is 1. The van der Waals surface area contributed by atoms with Gasteiger partial charge in [-0.05, 0) is 51.3 Å². The average Bonchev–Trinajstić information content (AvgIpc) is 3.21. The van der Waals surface area contributed by atoms with Crippen LogP contribution in [0.15, 0.2) is 24.3 Å². The Balaban J connectivity index is 1.77. The molecule has 43 heavy (non-hydrogen) atoms. The third-order valence-electron chi connectivity index (χ3n) is 6.40. The summed E-state index contributed by atoms with van der Waals surface area (Å²) in [5.41, 5.74) is 6.29. The van der Waals surface area contributed by atoms with Crippen LogP contribution in [-0.2, 0) is 38.4 Å². The Labute approximate surface area is 256 Å². The summed E-state index contributed by atoms with van der Waals surface area (Å²) in [7, 11) is 0. The van der Waals surface area contributed by atoms with Crippen molar-refractivity contribution in [3.63, 3.8) is 0 Å². The number of aromatic nitrogens is 1. The lowest BCUT2D eigenvalue weighted by molar-refractivity contribution is -0.202. The molecule has 13 nitrogen and oxygen atoms in total. The van der Waals surface area contributed by atoms with Crippen LogP contribution in [0, 0.1) is 5.41 Å². The van der Waals surface area contributed by atoms with E-state index in [9.17, 15) is 19.2 Å². The molecule has 1 unspecified atom stereocenters. The first-order chi connectivity index (χ1) is 19.9. The van der Waals surface area contributed by atoms with Crippen molar-refractivity contribution in [2.75, 3.05) is 30.3 Å². The van der Waals surface area contributed by atoms with Crippen molar-refractivity contribution in [2.45, 2.75) is 79.3 Å². The minimum absolute atomic E-state index is 0.00922. The zero-order chi connectivity index (χ0) is 32.0. The van der Waals surface area contributed by atoms with E-state index in [1.807, 2.05) is 12.1 Å². The van der Waals surface area contributed by atoms with Gasteiger partial charge in [0.05, 0.1) is 17.7 Å². The van der Waals surface area contributed by atoms with E-state index in [4.69, 9.17) is 15.2 Å². The number of nitrogens with zero attached hydrogens (tertiary/aromatic N) is 2. The molecule has 0 spiro atoms. The van der Waals surface area contributed by atoms with Crippen molar-refractivity contribution in [3.8, 4) is 0 Å². The summed E-state index contributed by atoms with van der Waals surface area (Å²) in [5, 5.41) is 11.9. The van der Waals surface area contributed by atoms with Crippen molar-refractivity contribution >= 4 is 46.2 Å². The van der Waals surface area contributed by atoms with Gasteiger partial charge >= 0.3 is 18.1 Å². The van der Waals surface area contributed by atoms with E-state index >= 15 is 0 Å². The van der Waals surface area contributed by atoms with Gasteiger partial charge in [0.15, 0.2) is 5.13 Å². The number of piperazine rings is 1. The topological polar surface area (TPSA) is 177 Å². The lowest BCUT2D eigenvalue weighted by Crippen LogP contribution is -2.59. The second kappa shape index (κ2) is 13.6. The molecule has 1 aliphatic heterocycles. The lowest BCUT2D eigenvalue weighted by Gasteiger charge is -2.42. The van der Waals surface area contributed by atoms with Gasteiger partial charge in [0, 0.05) is 42.7 Å². The quantitative estimate of drug-likeness (QED) is 0.250. The van der Waals surface area contributed by atoms with E-state index in [-0.39, 0.29) is 11.8 Å². The monoisotopic (exact) mass is 617 g/mol. The van der Waals surface area contributed by atoms with Gasteiger partial charge in [-0.3, -0.25) is 14.5 Å². The molecule has 1 aromatic heterocycles. The first-order valence-electron chi connectivity index (χ1n) is 14.1. The van der Waals surface area contributed by atoms with Crippen LogP contribution in [0.3, 0.4) is 0 Å². The van der Waals surface area contributed by atoms with Gasteiger partial charge in [-0.25, -0.2) is 14.6 Å². The number of hydrogen-bond donors (Lipinski definition) is 5. The van der Waals surface area contributed by atoms with Crippen LogP contribution in [0.25, 0.3) is 0 Å². The molecular weight excluding hydrogens is 574 g/mol. The number of hydrogen-bond acceptors (Lipinski definition) is 10. The normalized spacial score (nSPS) is 15.6. The Kier molecular flexibility index (Phi) is 10.6. The van der Waals surface area contributed by atoms with Crippen molar-refractivity contribution in [1.82, 2.24) is 20.5 Å². The van der Waals surface area contributed by atoms with Gasteiger partial charge in [-0.1, -0.05) is 32.9 Å². The second-order valence-electron chi connectivity index (χ2n) is 12.5. The Morgan fingerprint density at radius 2 is 1.74 bits per heavy atom. The van der Waals surface area contributed by atoms with E-state index in [0.29, 0.717) is 43.3 Å². The van der Waals surface area contributed by atoms with Gasteiger partial charge in [0.25, 0.3) is 0 Å². The van der Waals surface area contributed by atoms with Crippen LogP contribution in [-0.4, -0.2) is 65.0 Å². The predicted octanol–water partition coefficient (Wildman–Crippen LogP) is 3.55. The van der Waals surface area contributed by atoms with Crippen LogP contribution < -0.4 is 27.0 Å². The maximum Gasteiger partial charge on any atom is 0.412 e. The Bertz CT molecular complexity index is 1320. The molecule has 4 amide bonds. The number of aryl methyl sites for hydroxylation is 2. The lowest BCUT2D eigenvalue weighted by atomic mass is 9.90. The minimum Gasteiger partial charge on any atom is -0.387 e. The van der Waals surface area contributed by atoms with Crippen molar-refractivity contribution < 1.29 is 28.7 Å². The van der Waals surface area contributed by atoms with Gasteiger partial charge in [0.1, 0.15) is 0 Å². The summed E-state index contributed by atoms with van der Waals surface area (Å²) < 4.78 is 11.1. The number of nitrogens with one attached hydrogen (secondary N) is 4. The molecule has 2 heterocycles. The zero-order valence-corrected chi connectivity index (χ0v) is 26.7. The minimum atomic E-state index is -1.91. The number of rotatable bonds is 10. The molecule has 3 rings (SSSR count). The summed E-state index contributed by atoms with van der Waals surface area (Å²) in [6.07, 6.45) is -0.615. The third kappa shape index (κ3) is 10.1. The molecule has 0 aliphatic carbocycles. The average molecular weight is 618 g/mol. The first kappa shape index (κ1) is 33.6. The highest BCUT2D eigenvalue weighted by atomic mass is 32.1. The third-order valence-corrected chi connectivity index (χ3v) is 7.40. The van der Waals surface area contributed by atoms with Gasteiger partial charge in [-0.15, -0.1) is 11.3 Å². The molecule has 0 radical (unpaired) electrons. The largest absolute Gasteiger partial charge is 0.412 e. The maximum absolute atomic E-state index is 12.7. The number of primary amides is 1. The summed E-state index contributed by atoms with van der Waals surface area (Å²) >= 11 is 1.42. The SMILES string of the molecule is CC(=O)Nc1nc(CCc2ccc(NC(OC(N)=O)(OC(=O)NC(C)(C)C)C(C)(C)C)cc2)c(CN2CCNC(=O)C2)s1. The Morgan fingerprint density at radius 3 is 2.30 bits per heavy atom. The summed E-state index contributed by atoms with van der Waals surface area (Å²) in [4.78, 5) is 55.9. The fourth-order valence-corrected chi connectivity index (χ4v) is 5.41. The number of amides is 4. The fraction of sp³-hybridized carbons (Fsp3) is 0.552. The van der Waals surface area contributed by atoms with E-state index in [1.54, 1.807) is 53.7 Å². The summed E-state index contributed by atoms with van der Waals surface area (Å²) in [6, 6.07) is 7.40. The smallest absolute Gasteiger partial charge is 0.387 e. The molecule has 1 aromatic carbocycles. The van der Waals surface area contributed by atoms with Crippen LogP contribution >= 0.6 is 11.3 Å². The molecule has 1 aliphatic rings. The molecule has 6 N–H and O–H groups in total. The molecular formula is C29H43N7O6S. The van der Waals surface area contributed by atoms with Gasteiger partial charge in [-0.2, -0.15) is 0 Å². The van der Waals surface area contributed by atoms with Crippen molar-refractivity contribution in [2.24, 2.45) is 11.1 Å². The molecule has 0 saturated carbocycles. The Morgan fingerprint density at radius 1 is 1.07 bits per heavy atom. The van der Waals surface area contributed by atoms with E-state index in [0.717, 1.165) is 22.7 Å². The van der Waals surface area contributed by atoms with Crippen molar-refractivity contribution in [3.05, 3.63) is 40.4 Å². The summed E-state index contributed by atoms with van der Waals surface area (Å²) in [5.74, 6) is -2.11. The molecule has 2 aromatic rings. The highest BCUT2D eigenvalue weighted by Crippen LogP contribution is 2.37. The predicted molar refractivity (Wildman–Crippen MR) is 164 cm³/mol.